The molecule has 0 aliphatic carbocycles. The Kier molecular flexibility index (Phi) is 6.03. The molecule has 4 aromatic heterocycles. The fraction of sp³-hybridized carbons (Fsp3) is 0.375. The summed E-state index contributed by atoms with van der Waals surface area (Å²) < 4.78 is 3.67. The summed E-state index contributed by atoms with van der Waals surface area (Å²) in [7, 11) is 0. The van der Waals surface area contributed by atoms with Crippen molar-refractivity contribution in [3.05, 3.63) is 61.2 Å². The Morgan fingerprint density at radius 1 is 1.15 bits per heavy atom. The number of para-hydroxylation sites is 1. The second kappa shape index (κ2) is 8.99. The van der Waals surface area contributed by atoms with E-state index in [2.05, 4.69) is 22.1 Å². The Morgan fingerprint density at radius 3 is 2.74 bits per heavy atom. The van der Waals surface area contributed by atoms with Gasteiger partial charge in [-0.25, -0.2) is 4.98 Å². The van der Waals surface area contributed by atoms with Gasteiger partial charge in [0.05, 0.1) is 21.5 Å². The van der Waals surface area contributed by atoms with Crippen LogP contribution in [-0.2, 0) is 6.54 Å². The lowest BCUT2D eigenvalue weighted by Crippen LogP contribution is -2.23. The smallest absolute Gasteiger partial charge is 0.262 e. The molecule has 0 saturated carbocycles. The number of aromatic nitrogens is 6. The van der Waals surface area contributed by atoms with Crippen molar-refractivity contribution >= 4 is 50.0 Å². The zero-order valence-electron chi connectivity index (χ0n) is 19.6. The van der Waals surface area contributed by atoms with Crippen LogP contribution in [0.5, 0.6) is 0 Å². The van der Waals surface area contributed by atoms with E-state index in [-0.39, 0.29) is 16.4 Å². The molecule has 0 radical (unpaired) electrons. The minimum atomic E-state index is -0.175. The normalized spacial score (nSPS) is 12.8. The maximum Gasteiger partial charge on any atom is 0.262 e. The number of hydrogen-bond donors (Lipinski definition) is 1. The van der Waals surface area contributed by atoms with Gasteiger partial charge in [0, 0.05) is 11.4 Å². The van der Waals surface area contributed by atoms with Crippen molar-refractivity contribution in [3.63, 3.8) is 0 Å². The molecule has 10 heteroatoms. The summed E-state index contributed by atoms with van der Waals surface area (Å²) in [5.74, 6) is 1.14. The van der Waals surface area contributed by atoms with Crippen molar-refractivity contribution in [1.29, 1.82) is 0 Å². The van der Waals surface area contributed by atoms with E-state index in [1.807, 2.05) is 49.4 Å². The van der Waals surface area contributed by atoms with E-state index in [0.29, 0.717) is 34.1 Å². The van der Waals surface area contributed by atoms with Gasteiger partial charge in [-0.05, 0) is 44.9 Å². The van der Waals surface area contributed by atoms with E-state index in [9.17, 15) is 9.59 Å². The molecular weight excluding hydrogens is 468 g/mol. The number of thiophene rings is 1. The van der Waals surface area contributed by atoms with Crippen molar-refractivity contribution in [2.24, 2.45) is 0 Å². The van der Waals surface area contributed by atoms with E-state index < -0.39 is 0 Å². The third-order valence-electron chi connectivity index (χ3n) is 6.19. The van der Waals surface area contributed by atoms with Crippen molar-refractivity contribution in [2.75, 3.05) is 0 Å². The Hall–Kier alpha value is -2.98. The second-order valence-electron chi connectivity index (χ2n) is 8.47. The van der Waals surface area contributed by atoms with E-state index in [4.69, 9.17) is 4.98 Å². The molecule has 5 aromatic rings. The van der Waals surface area contributed by atoms with Gasteiger partial charge in [-0.2, -0.15) is 0 Å². The van der Waals surface area contributed by atoms with Crippen LogP contribution in [0.1, 0.15) is 54.6 Å². The number of unbranched alkanes of at least 4 members (excludes halogenated alkanes) is 2. The summed E-state index contributed by atoms with van der Waals surface area (Å²) in [5.41, 5.74) is 1.60. The van der Waals surface area contributed by atoms with Gasteiger partial charge in [0.25, 0.3) is 11.1 Å². The SMILES string of the molecule is CCCCCn1c(=O)c2ccccc2n2c(SC(C)c3nc4sc(C)c(C)c4c(=O)[nH]3)nnc12. The molecule has 1 unspecified atom stereocenters. The highest BCUT2D eigenvalue weighted by molar-refractivity contribution is 7.99. The number of H-pyrrole nitrogens is 1. The lowest BCUT2D eigenvalue weighted by atomic mass is 10.2. The van der Waals surface area contributed by atoms with Gasteiger partial charge in [-0.15, -0.1) is 21.5 Å². The number of nitrogens with one attached hydrogen (secondary N) is 1. The molecule has 0 amide bonds. The van der Waals surface area contributed by atoms with E-state index >= 15 is 0 Å². The molecule has 0 spiro atoms. The third kappa shape index (κ3) is 3.74. The van der Waals surface area contributed by atoms with Gasteiger partial charge in [0.2, 0.25) is 5.78 Å². The molecule has 4 heterocycles. The lowest BCUT2D eigenvalue weighted by molar-refractivity contribution is 0.594. The molecular formula is C24H26N6O2S2. The highest BCUT2D eigenvalue weighted by Gasteiger charge is 2.21. The molecule has 176 valence electrons. The molecule has 5 rings (SSSR count). The van der Waals surface area contributed by atoms with E-state index in [0.717, 1.165) is 40.1 Å². The highest BCUT2D eigenvalue weighted by atomic mass is 32.2. The van der Waals surface area contributed by atoms with Crippen molar-refractivity contribution < 1.29 is 0 Å². The number of rotatable bonds is 7. The monoisotopic (exact) mass is 494 g/mol. The predicted molar refractivity (Wildman–Crippen MR) is 138 cm³/mol. The van der Waals surface area contributed by atoms with Gasteiger partial charge in [0.1, 0.15) is 10.7 Å². The van der Waals surface area contributed by atoms with E-state index in [1.165, 1.54) is 23.1 Å². The number of hydrogen-bond acceptors (Lipinski definition) is 7. The fourth-order valence-electron chi connectivity index (χ4n) is 4.21. The predicted octanol–water partition coefficient (Wildman–Crippen LogP) is 5.00. The summed E-state index contributed by atoms with van der Waals surface area (Å²) in [6.07, 6.45) is 3.02. The molecule has 1 atom stereocenters. The first-order chi connectivity index (χ1) is 16.4. The molecule has 1 aromatic carbocycles. The highest BCUT2D eigenvalue weighted by Crippen LogP contribution is 2.34. The number of fused-ring (bicyclic) bond motifs is 4. The number of aryl methyl sites for hydroxylation is 3. The molecule has 0 aliphatic heterocycles. The zero-order chi connectivity index (χ0) is 24.0. The zero-order valence-corrected chi connectivity index (χ0v) is 21.2. The Bertz CT molecular complexity index is 1650. The summed E-state index contributed by atoms with van der Waals surface area (Å²) in [6, 6.07) is 7.55. The first-order valence-corrected chi connectivity index (χ1v) is 13.1. The Labute approximate surface area is 204 Å². The molecule has 0 bridgehead atoms. The van der Waals surface area contributed by atoms with Crippen LogP contribution in [0.15, 0.2) is 39.0 Å². The minimum Gasteiger partial charge on any atom is -0.309 e. The van der Waals surface area contributed by atoms with Crippen LogP contribution in [0.4, 0.5) is 0 Å². The summed E-state index contributed by atoms with van der Waals surface area (Å²) in [6.45, 7) is 8.69. The summed E-state index contributed by atoms with van der Waals surface area (Å²) in [4.78, 5) is 35.5. The van der Waals surface area contributed by atoms with Gasteiger partial charge in [-0.1, -0.05) is 43.7 Å². The number of thioether (sulfide) groups is 1. The van der Waals surface area contributed by atoms with Gasteiger partial charge >= 0.3 is 0 Å². The quantitative estimate of drug-likeness (QED) is 0.252. The number of nitrogens with zero attached hydrogens (tertiary/aromatic N) is 5. The average Bonchev–Trinajstić information content (AvgIpc) is 3.36. The van der Waals surface area contributed by atoms with Gasteiger partial charge in [-0.3, -0.25) is 18.6 Å². The number of aromatic amines is 1. The third-order valence-corrected chi connectivity index (χ3v) is 8.34. The summed E-state index contributed by atoms with van der Waals surface area (Å²) in [5, 5.41) is 10.6. The lowest BCUT2D eigenvalue weighted by Gasteiger charge is -2.13. The maximum atomic E-state index is 13.2. The topological polar surface area (TPSA) is 97.9 Å². The summed E-state index contributed by atoms with van der Waals surface area (Å²) >= 11 is 3.00. The standard InChI is InChI=1S/C24H26N6O2S2/c1-5-6-9-12-29-22(32)16-10-7-8-11-17(16)30-23(29)27-28-24(30)34-15(4)19-25-20(31)18-13(2)14(3)33-21(18)26-19/h7-8,10-11,15H,5-6,9,12H2,1-4H3,(H,25,26,31). The fourth-order valence-corrected chi connectivity index (χ4v) is 6.16. The number of benzene rings is 1. The van der Waals surface area contributed by atoms with Crippen molar-refractivity contribution in [2.45, 2.75) is 63.9 Å². The molecule has 0 fully saturated rings. The van der Waals surface area contributed by atoms with Crippen molar-refractivity contribution in [1.82, 2.24) is 29.1 Å². The average molecular weight is 495 g/mol. The minimum absolute atomic E-state index is 0.0453. The Morgan fingerprint density at radius 2 is 1.94 bits per heavy atom. The maximum absolute atomic E-state index is 13.2. The van der Waals surface area contributed by atoms with Gasteiger partial charge < -0.3 is 4.98 Å². The van der Waals surface area contributed by atoms with Crippen LogP contribution in [0.2, 0.25) is 0 Å². The van der Waals surface area contributed by atoms with Crippen molar-refractivity contribution in [3.8, 4) is 0 Å². The van der Waals surface area contributed by atoms with Crippen LogP contribution >= 0.6 is 23.1 Å². The van der Waals surface area contributed by atoms with Crippen LogP contribution in [-0.4, -0.2) is 29.1 Å². The first kappa shape index (κ1) is 22.8. The van der Waals surface area contributed by atoms with Crippen LogP contribution in [0.3, 0.4) is 0 Å². The van der Waals surface area contributed by atoms with Crippen LogP contribution < -0.4 is 11.1 Å². The molecule has 1 N–H and O–H groups in total. The second-order valence-corrected chi connectivity index (χ2v) is 11.0. The van der Waals surface area contributed by atoms with E-state index in [1.54, 1.807) is 4.57 Å². The molecule has 0 aliphatic rings. The van der Waals surface area contributed by atoms with Crippen LogP contribution in [0.25, 0.3) is 26.9 Å². The largest absolute Gasteiger partial charge is 0.309 e. The van der Waals surface area contributed by atoms with Gasteiger partial charge in [0.15, 0.2) is 5.16 Å². The first-order valence-electron chi connectivity index (χ1n) is 11.4. The molecule has 8 nitrogen and oxygen atoms in total. The molecule has 0 saturated heterocycles. The molecule has 34 heavy (non-hydrogen) atoms. The Balaban J connectivity index is 1.60. The van der Waals surface area contributed by atoms with Crippen LogP contribution in [0, 0.1) is 13.8 Å².